The predicted molar refractivity (Wildman–Crippen MR) is 70.0 cm³/mol. The molecule has 1 aromatic rings. The number of carbonyl (C=O) groups is 1. The fraction of sp³-hybridized carbons (Fsp3) is 0.333. The lowest BCUT2D eigenvalue weighted by Crippen LogP contribution is -2.28. The van der Waals surface area contributed by atoms with E-state index in [0.717, 1.165) is 5.69 Å². The van der Waals surface area contributed by atoms with Crippen LogP contribution in [0.15, 0.2) is 29.3 Å². The van der Waals surface area contributed by atoms with E-state index >= 15 is 0 Å². The number of likely N-dealkylation sites (N-methyl/N-ethyl adjacent to an activating group) is 1. The summed E-state index contributed by atoms with van der Waals surface area (Å²) in [6, 6.07) is 7.76. The summed E-state index contributed by atoms with van der Waals surface area (Å²) in [4.78, 5) is 16.7. The Balaban J connectivity index is 2.54. The van der Waals surface area contributed by atoms with E-state index in [9.17, 15) is 4.79 Å². The van der Waals surface area contributed by atoms with Gasteiger partial charge in [-0.05, 0) is 19.1 Å². The molecule has 0 saturated carbocycles. The molecule has 0 bridgehead atoms. The Morgan fingerprint density at radius 1 is 1.35 bits per heavy atom. The van der Waals surface area contributed by atoms with Gasteiger partial charge < -0.3 is 16.0 Å². The van der Waals surface area contributed by atoms with E-state index in [-0.39, 0.29) is 18.4 Å². The molecule has 17 heavy (non-hydrogen) atoms. The standard InChI is InChI=1S/C12H18N4O/c1-9-4-6-10(7-5-9)15-12(13)14-8-11(17)16(2)3/h4-7H,8H2,1-3H3,(H3,13,14,15). The molecule has 1 aromatic carbocycles. The van der Waals surface area contributed by atoms with Crippen LogP contribution in [0.3, 0.4) is 0 Å². The number of amides is 1. The quantitative estimate of drug-likeness (QED) is 0.600. The van der Waals surface area contributed by atoms with Crippen molar-refractivity contribution in [2.45, 2.75) is 6.92 Å². The van der Waals surface area contributed by atoms with Crippen molar-refractivity contribution in [2.24, 2.45) is 10.7 Å². The summed E-state index contributed by atoms with van der Waals surface area (Å²) in [7, 11) is 3.36. The van der Waals surface area contributed by atoms with Crippen LogP contribution in [-0.2, 0) is 4.79 Å². The van der Waals surface area contributed by atoms with Crippen molar-refractivity contribution in [3.05, 3.63) is 29.8 Å². The minimum absolute atomic E-state index is 0.0533. The summed E-state index contributed by atoms with van der Waals surface area (Å²) in [5.74, 6) is 0.155. The molecule has 1 amide bonds. The van der Waals surface area contributed by atoms with Gasteiger partial charge in [-0.15, -0.1) is 0 Å². The number of rotatable bonds is 3. The summed E-state index contributed by atoms with van der Waals surface area (Å²) in [5, 5.41) is 2.92. The molecule has 3 N–H and O–H groups in total. The van der Waals surface area contributed by atoms with Crippen LogP contribution < -0.4 is 11.1 Å². The minimum Gasteiger partial charge on any atom is -0.370 e. The molecule has 0 aliphatic carbocycles. The van der Waals surface area contributed by atoms with Crippen LogP contribution >= 0.6 is 0 Å². The molecular formula is C12H18N4O. The summed E-state index contributed by atoms with van der Waals surface area (Å²) in [6.07, 6.45) is 0. The molecule has 0 atom stereocenters. The van der Waals surface area contributed by atoms with Crippen molar-refractivity contribution in [2.75, 3.05) is 26.0 Å². The van der Waals surface area contributed by atoms with E-state index in [2.05, 4.69) is 10.3 Å². The smallest absolute Gasteiger partial charge is 0.243 e. The highest BCUT2D eigenvalue weighted by molar-refractivity contribution is 5.93. The molecule has 0 spiro atoms. The minimum atomic E-state index is -0.0846. The number of hydrogen-bond donors (Lipinski definition) is 2. The van der Waals surface area contributed by atoms with Gasteiger partial charge in [-0.3, -0.25) is 4.79 Å². The lowest BCUT2D eigenvalue weighted by Gasteiger charge is -2.09. The van der Waals surface area contributed by atoms with Gasteiger partial charge in [0.25, 0.3) is 0 Å². The molecule has 0 saturated heterocycles. The molecular weight excluding hydrogens is 216 g/mol. The second-order valence-corrected chi connectivity index (χ2v) is 3.98. The Morgan fingerprint density at radius 3 is 2.47 bits per heavy atom. The first-order chi connectivity index (χ1) is 7.99. The summed E-state index contributed by atoms with van der Waals surface area (Å²) >= 11 is 0. The van der Waals surface area contributed by atoms with Crippen molar-refractivity contribution in [1.82, 2.24) is 4.90 Å². The van der Waals surface area contributed by atoms with Crippen LogP contribution in [0.2, 0.25) is 0 Å². The Hall–Kier alpha value is -2.04. The molecule has 0 aliphatic heterocycles. The van der Waals surface area contributed by atoms with Crippen LogP contribution in [0.1, 0.15) is 5.56 Å². The van der Waals surface area contributed by atoms with Crippen LogP contribution in [0.25, 0.3) is 0 Å². The zero-order valence-electron chi connectivity index (χ0n) is 10.4. The van der Waals surface area contributed by atoms with Crippen molar-refractivity contribution in [3.8, 4) is 0 Å². The van der Waals surface area contributed by atoms with Crippen molar-refractivity contribution >= 4 is 17.6 Å². The average Bonchev–Trinajstić information content (AvgIpc) is 2.29. The molecule has 0 fully saturated rings. The van der Waals surface area contributed by atoms with Gasteiger partial charge >= 0.3 is 0 Å². The first-order valence-electron chi connectivity index (χ1n) is 5.33. The largest absolute Gasteiger partial charge is 0.370 e. The Bertz CT molecular complexity index is 409. The molecule has 0 aromatic heterocycles. The van der Waals surface area contributed by atoms with Gasteiger partial charge in [-0.1, -0.05) is 17.7 Å². The van der Waals surface area contributed by atoms with Crippen LogP contribution in [-0.4, -0.2) is 37.4 Å². The van der Waals surface area contributed by atoms with Crippen molar-refractivity contribution < 1.29 is 4.79 Å². The first-order valence-corrected chi connectivity index (χ1v) is 5.33. The highest BCUT2D eigenvalue weighted by Gasteiger charge is 2.02. The molecule has 5 heteroatoms. The van der Waals surface area contributed by atoms with Gasteiger partial charge in [0.05, 0.1) is 0 Å². The third-order valence-corrected chi connectivity index (χ3v) is 2.21. The number of nitrogens with two attached hydrogens (primary N) is 1. The van der Waals surface area contributed by atoms with E-state index in [4.69, 9.17) is 5.73 Å². The number of benzene rings is 1. The number of nitrogens with one attached hydrogen (secondary N) is 1. The number of carbonyl (C=O) groups excluding carboxylic acids is 1. The molecule has 1 rings (SSSR count). The zero-order valence-corrected chi connectivity index (χ0v) is 10.4. The Labute approximate surface area is 101 Å². The van der Waals surface area contributed by atoms with E-state index < -0.39 is 0 Å². The Morgan fingerprint density at radius 2 is 1.94 bits per heavy atom. The second kappa shape index (κ2) is 5.89. The number of aliphatic imine (C=N–C) groups is 1. The van der Waals surface area contributed by atoms with Gasteiger partial charge in [-0.25, -0.2) is 4.99 Å². The number of guanidine groups is 1. The van der Waals surface area contributed by atoms with Crippen molar-refractivity contribution in [1.29, 1.82) is 0 Å². The van der Waals surface area contributed by atoms with Gasteiger partial charge in [0.2, 0.25) is 5.91 Å². The molecule has 0 aliphatic rings. The van der Waals surface area contributed by atoms with Gasteiger partial charge in [-0.2, -0.15) is 0 Å². The lowest BCUT2D eigenvalue weighted by atomic mass is 10.2. The van der Waals surface area contributed by atoms with E-state index in [0.29, 0.717) is 0 Å². The van der Waals surface area contributed by atoms with E-state index in [1.807, 2.05) is 31.2 Å². The fourth-order valence-electron chi connectivity index (χ4n) is 1.12. The zero-order chi connectivity index (χ0) is 12.8. The molecule has 5 nitrogen and oxygen atoms in total. The number of aryl methyl sites for hydroxylation is 1. The monoisotopic (exact) mass is 234 g/mol. The molecule has 0 radical (unpaired) electrons. The maximum Gasteiger partial charge on any atom is 0.243 e. The van der Waals surface area contributed by atoms with Crippen molar-refractivity contribution in [3.63, 3.8) is 0 Å². The SMILES string of the molecule is Cc1ccc(NC(N)=NCC(=O)N(C)C)cc1. The number of nitrogens with zero attached hydrogens (tertiary/aromatic N) is 2. The highest BCUT2D eigenvalue weighted by Crippen LogP contribution is 2.07. The first kappa shape index (κ1) is 13.0. The third kappa shape index (κ3) is 4.55. The maximum absolute atomic E-state index is 11.3. The molecule has 92 valence electrons. The molecule has 0 unspecified atom stereocenters. The normalized spacial score (nSPS) is 11.1. The van der Waals surface area contributed by atoms with E-state index in [1.165, 1.54) is 10.5 Å². The van der Waals surface area contributed by atoms with E-state index in [1.54, 1.807) is 14.1 Å². The average molecular weight is 234 g/mol. The number of anilines is 1. The van der Waals surface area contributed by atoms with Gasteiger partial charge in [0.1, 0.15) is 6.54 Å². The highest BCUT2D eigenvalue weighted by atomic mass is 16.2. The fourth-order valence-corrected chi connectivity index (χ4v) is 1.12. The maximum atomic E-state index is 11.3. The summed E-state index contributed by atoms with van der Waals surface area (Å²) in [6.45, 7) is 2.06. The van der Waals surface area contributed by atoms with Crippen LogP contribution in [0.5, 0.6) is 0 Å². The predicted octanol–water partition coefficient (Wildman–Crippen LogP) is 0.810. The Kier molecular flexibility index (Phi) is 4.51. The lowest BCUT2D eigenvalue weighted by molar-refractivity contribution is -0.127. The topological polar surface area (TPSA) is 70.7 Å². The number of hydrogen-bond acceptors (Lipinski definition) is 2. The second-order valence-electron chi connectivity index (χ2n) is 3.98. The third-order valence-electron chi connectivity index (χ3n) is 2.21. The van der Waals surface area contributed by atoms with Crippen LogP contribution in [0, 0.1) is 6.92 Å². The summed E-state index contributed by atoms with van der Waals surface area (Å²) in [5.41, 5.74) is 7.69. The van der Waals surface area contributed by atoms with Gasteiger partial charge in [0, 0.05) is 19.8 Å². The van der Waals surface area contributed by atoms with Gasteiger partial charge in [0.15, 0.2) is 5.96 Å². The summed E-state index contributed by atoms with van der Waals surface area (Å²) < 4.78 is 0. The van der Waals surface area contributed by atoms with Crippen LogP contribution in [0.4, 0.5) is 5.69 Å². The molecule has 0 heterocycles.